The number of carbonyl (C=O) groups excluding carboxylic acids is 1. The molecular formula is C16H26NO2P. The van der Waals surface area contributed by atoms with E-state index < -0.39 is 0 Å². The summed E-state index contributed by atoms with van der Waals surface area (Å²) in [5.41, 5.74) is 1.71. The maximum absolute atomic E-state index is 11.9. The Kier molecular flexibility index (Phi) is 8.29. The fourth-order valence-corrected chi connectivity index (χ4v) is 3.08. The van der Waals surface area contributed by atoms with Crippen molar-refractivity contribution in [2.24, 2.45) is 0 Å². The normalized spacial score (nSPS) is 18.6. The summed E-state index contributed by atoms with van der Waals surface area (Å²) in [7, 11) is 0.911. The van der Waals surface area contributed by atoms with Gasteiger partial charge in [0.15, 0.2) is 0 Å². The van der Waals surface area contributed by atoms with Gasteiger partial charge in [-0.1, -0.05) is 44.2 Å². The molecule has 1 heterocycles. The Morgan fingerprint density at radius 3 is 2.70 bits per heavy atom. The molecule has 0 bridgehead atoms. The van der Waals surface area contributed by atoms with Gasteiger partial charge in [-0.3, -0.25) is 0 Å². The maximum Gasteiger partial charge on any atom is 0.410 e. The molecule has 0 aromatic heterocycles. The number of amides is 1. The molecule has 2 unspecified atom stereocenters. The Bertz CT molecular complexity index is 383. The lowest BCUT2D eigenvalue weighted by atomic mass is 10.1. The second kappa shape index (κ2) is 9.77. The van der Waals surface area contributed by atoms with Crippen molar-refractivity contribution in [3.8, 4) is 0 Å². The highest BCUT2D eigenvalue weighted by molar-refractivity contribution is 7.37. The Labute approximate surface area is 124 Å². The molecule has 1 aliphatic rings. The molecule has 0 N–H and O–H groups in total. The number of rotatable bonds is 3. The molecule has 112 valence electrons. The van der Waals surface area contributed by atoms with Crippen molar-refractivity contribution < 1.29 is 9.53 Å². The van der Waals surface area contributed by atoms with Crippen LogP contribution in [0.5, 0.6) is 0 Å². The maximum atomic E-state index is 11.9. The van der Waals surface area contributed by atoms with E-state index >= 15 is 0 Å². The van der Waals surface area contributed by atoms with Gasteiger partial charge in [0.05, 0.1) is 0 Å². The van der Waals surface area contributed by atoms with Gasteiger partial charge < -0.3 is 9.64 Å². The standard InChI is InChI=1S/C14H20NO2P.C2H6/c1-18-13-8-5-9-15(10-13)14(16)17-11-12-6-3-2-4-7-12;1-2/h2-4,6-7,13,18H,5,8-11H2,1H3;1-2H3. The van der Waals surface area contributed by atoms with E-state index in [9.17, 15) is 4.79 Å². The van der Waals surface area contributed by atoms with E-state index in [4.69, 9.17) is 4.74 Å². The molecule has 1 fully saturated rings. The number of hydrogen-bond donors (Lipinski definition) is 0. The minimum atomic E-state index is -0.165. The molecule has 0 aliphatic carbocycles. The molecule has 0 radical (unpaired) electrons. The van der Waals surface area contributed by atoms with Gasteiger partial charge in [0, 0.05) is 13.1 Å². The van der Waals surface area contributed by atoms with Crippen LogP contribution < -0.4 is 0 Å². The van der Waals surface area contributed by atoms with E-state index in [1.54, 1.807) is 0 Å². The van der Waals surface area contributed by atoms with Crippen molar-refractivity contribution in [3.05, 3.63) is 35.9 Å². The van der Waals surface area contributed by atoms with Crippen molar-refractivity contribution in [2.45, 2.75) is 39.0 Å². The first-order valence-corrected chi connectivity index (χ1v) is 9.00. The van der Waals surface area contributed by atoms with E-state index in [2.05, 4.69) is 6.66 Å². The predicted octanol–water partition coefficient (Wildman–Crippen LogP) is 4.12. The van der Waals surface area contributed by atoms with E-state index in [-0.39, 0.29) is 6.09 Å². The fraction of sp³-hybridized carbons (Fsp3) is 0.562. The number of hydrogen-bond acceptors (Lipinski definition) is 2. The second-order valence-corrected chi connectivity index (χ2v) is 6.01. The molecule has 1 amide bonds. The fourth-order valence-electron chi connectivity index (χ4n) is 2.19. The zero-order valence-electron chi connectivity index (χ0n) is 12.8. The smallest absolute Gasteiger partial charge is 0.410 e. The van der Waals surface area contributed by atoms with Crippen LogP contribution in [0.1, 0.15) is 32.3 Å². The SMILES string of the molecule is CC.CPC1CCCN(C(=O)OCc2ccccc2)C1. The minimum absolute atomic E-state index is 0.165. The van der Waals surface area contributed by atoms with E-state index in [0.717, 1.165) is 33.7 Å². The highest BCUT2D eigenvalue weighted by Crippen LogP contribution is 2.25. The predicted molar refractivity (Wildman–Crippen MR) is 86.8 cm³/mol. The molecule has 1 aromatic rings. The quantitative estimate of drug-likeness (QED) is 0.785. The molecule has 0 saturated carbocycles. The van der Waals surface area contributed by atoms with Crippen LogP contribution >= 0.6 is 8.58 Å². The van der Waals surface area contributed by atoms with E-state index in [1.165, 1.54) is 6.42 Å². The van der Waals surface area contributed by atoms with Gasteiger partial charge in [0.25, 0.3) is 0 Å². The number of piperidine rings is 1. The van der Waals surface area contributed by atoms with Gasteiger partial charge in [0.1, 0.15) is 6.61 Å². The van der Waals surface area contributed by atoms with Crippen LogP contribution in [0.25, 0.3) is 0 Å². The zero-order chi connectivity index (χ0) is 14.8. The zero-order valence-corrected chi connectivity index (χ0v) is 13.8. The Balaban J connectivity index is 0.000000956. The van der Waals surface area contributed by atoms with Crippen molar-refractivity contribution in [1.82, 2.24) is 4.90 Å². The van der Waals surface area contributed by atoms with Crippen molar-refractivity contribution >= 4 is 14.7 Å². The van der Waals surface area contributed by atoms with Crippen LogP contribution in [0, 0.1) is 0 Å². The average molecular weight is 295 g/mol. The monoisotopic (exact) mass is 295 g/mol. The molecular weight excluding hydrogens is 269 g/mol. The lowest BCUT2D eigenvalue weighted by Crippen LogP contribution is -2.40. The first kappa shape index (κ1) is 17.0. The van der Waals surface area contributed by atoms with Crippen LogP contribution in [-0.2, 0) is 11.3 Å². The Hall–Kier alpha value is -1.08. The van der Waals surface area contributed by atoms with Gasteiger partial charge in [-0.2, -0.15) is 0 Å². The van der Waals surface area contributed by atoms with Crippen LogP contribution in [0.4, 0.5) is 4.79 Å². The third-order valence-corrected chi connectivity index (χ3v) is 4.58. The number of benzene rings is 1. The van der Waals surface area contributed by atoms with Gasteiger partial charge in [-0.05, 0) is 30.7 Å². The topological polar surface area (TPSA) is 29.5 Å². The first-order valence-electron chi connectivity index (χ1n) is 7.42. The van der Waals surface area contributed by atoms with Crippen LogP contribution in [0.15, 0.2) is 30.3 Å². The summed E-state index contributed by atoms with van der Waals surface area (Å²) in [5, 5.41) is 0. The van der Waals surface area contributed by atoms with Gasteiger partial charge in [0.2, 0.25) is 0 Å². The summed E-state index contributed by atoms with van der Waals surface area (Å²) >= 11 is 0. The van der Waals surface area contributed by atoms with E-state index in [1.807, 2.05) is 49.1 Å². The number of ether oxygens (including phenoxy) is 1. The molecule has 20 heavy (non-hydrogen) atoms. The molecule has 1 aromatic carbocycles. The number of carbonyl (C=O) groups is 1. The lowest BCUT2D eigenvalue weighted by Gasteiger charge is -2.31. The van der Waals surface area contributed by atoms with Crippen molar-refractivity contribution in [2.75, 3.05) is 19.8 Å². The number of nitrogens with zero attached hydrogens (tertiary/aromatic N) is 1. The van der Waals surface area contributed by atoms with E-state index in [0.29, 0.717) is 12.3 Å². The molecule has 0 spiro atoms. The summed E-state index contributed by atoms with van der Waals surface area (Å²) < 4.78 is 5.35. The van der Waals surface area contributed by atoms with Crippen molar-refractivity contribution in [1.29, 1.82) is 0 Å². The molecule has 2 atom stereocenters. The third-order valence-electron chi connectivity index (χ3n) is 3.29. The summed E-state index contributed by atoms with van der Waals surface area (Å²) in [4.78, 5) is 13.8. The van der Waals surface area contributed by atoms with Crippen LogP contribution in [-0.4, -0.2) is 36.4 Å². The summed E-state index contributed by atoms with van der Waals surface area (Å²) in [6.07, 6.45) is 2.19. The Morgan fingerprint density at radius 1 is 1.35 bits per heavy atom. The van der Waals surface area contributed by atoms with Crippen molar-refractivity contribution in [3.63, 3.8) is 0 Å². The largest absolute Gasteiger partial charge is 0.445 e. The first-order chi connectivity index (χ1) is 9.79. The highest BCUT2D eigenvalue weighted by atomic mass is 31.1. The lowest BCUT2D eigenvalue weighted by molar-refractivity contribution is 0.0902. The summed E-state index contributed by atoms with van der Waals surface area (Å²) in [6, 6.07) is 9.82. The minimum Gasteiger partial charge on any atom is -0.445 e. The molecule has 3 nitrogen and oxygen atoms in total. The van der Waals surface area contributed by atoms with Crippen LogP contribution in [0.3, 0.4) is 0 Å². The van der Waals surface area contributed by atoms with Crippen LogP contribution in [0.2, 0.25) is 0 Å². The summed E-state index contributed by atoms with van der Waals surface area (Å²) in [5.74, 6) is 0. The average Bonchev–Trinajstić information content (AvgIpc) is 2.55. The van der Waals surface area contributed by atoms with Gasteiger partial charge in [-0.15, -0.1) is 8.58 Å². The van der Waals surface area contributed by atoms with Gasteiger partial charge >= 0.3 is 6.09 Å². The highest BCUT2D eigenvalue weighted by Gasteiger charge is 2.23. The second-order valence-electron chi connectivity index (χ2n) is 4.61. The third kappa shape index (κ3) is 5.50. The van der Waals surface area contributed by atoms with Gasteiger partial charge in [-0.25, -0.2) is 4.79 Å². The number of likely N-dealkylation sites (tertiary alicyclic amines) is 1. The molecule has 2 rings (SSSR count). The molecule has 1 aliphatic heterocycles. The molecule has 1 saturated heterocycles. The summed E-state index contributed by atoms with van der Waals surface area (Å²) in [6.45, 7) is 8.29. The molecule has 4 heteroatoms. The Morgan fingerprint density at radius 2 is 2.05 bits per heavy atom.